The van der Waals surface area contributed by atoms with E-state index in [1.165, 1.54) is 0 Å². The van der Waals surface area contributed by atoms with Crippen LogP contribution in [-0.2, 0) is 4.79 Å². The molecule has 3 N–H and O–H groups in total. The first-order chi connectivity index (χ1) is 7.65. The number of urea groups is 1. The van der Waals surface area contributed by atoms with E-state index in [9.17, 15) is 9.59 Å². The maximum atomic E-state index is 11.5. The molecule has 0 saturated heterocycles. The number of nitrogens with one attached hydrogen (secondary N) is 2. The summed E-state index contributed by atoms with van der Waals surface area (Å²) in [6.07, 6.45) is 0. The van der Waals surface area contributed by atoms with Crippen LogP contribution in [0.4, 0.5) is 4.79 Å². The van der Waals surface area contributed by atoms with Gasteiger partial charge in [0.15, 0.2) is 0 Å². The van der Waals surface area contributed by atoms with Gasteiger partial charge in [0, 0.05) is 11.6 Å². The lowest BCUT2D eigenvalue weighted by Gasteiger charge is -2.23. The fourth-order valence-corrected chi connectivity index (χ4v) is 1.06. The van der Waals surface area contributed by atoms with Crippen molar-refractivity contribution in [1.82, 2.24) is 15.5 Å². The van der Waals surface area contributed by atoms with E-state index in [0.29, 0.717) is 0 Å². The Hall–Kier alpha value is -1.14. The van der Waals surface area contributed by atoms with Gasteiger partial charge < -0.3 is 10.4 Å². The van der Waals surface area contributed by atoms with Gasteiger partial charge in [-0.15, -0.1) is 0 Å². The molecule has 0 fully saturated rings. The van der Waals surface area contributed by atoms with E-state index in [0.717, 1.165) is 0 Å². The summed E-state index contributed by atoms with van der Waals surface area (Å²) >= 11 is 0. The molecule has 6 heteroatoms. The first-order valence-corrected chi connectivity index (χ1v) is 5.59. The van der Waals surface area contributed by atoms with Crippen LogP contribution >= 0.6 is 0 Å². The molecule has 3 amide bonds. The molecule has 100 valence electrons. The van der Waals surface area contributed by atoms with Crippen molar-refractivity contribution in [3.05, 3.63) is 0 Å². The molecule has 1 unspecified atom stereocenters. The third-order valence-corrected chi connectivity index (χ3v) is 2.15. The normalized spacial score (nSPS) is 13.4. The van der Waals surface area contributed by atoms with Crippen LogP contribution in [-0.4, -0.2) is 53.7 Å². The molecular formula is C11H23N3O3. The van der Waals surface area contributed by atoms with Gasteiger partial charge in [-0.25, -0.2) is 4.79 Å². The van der Waals surface area contributed by atoms with Crippen molar-refractivity contribution in [1.29, 1.82) is 0 Å². The average Bonchev–Trinajstić information content (AvgIpc) is 2.12. The first-order valence-electron chi connectivity index (χ1n) is 5.59. The molecule has 0 aromatic carbocycles. The summed E-state index contributed by atoms with van der Waals surface area (Å²) in [5.41, 5.74) is -0.380. The summed E-state index contributed by atoms with van der Waals surface area (Å²) in [5.74, 6) is -0.394. The molecule has 0 spiro atoms. The topological polar surface area (TPSA) is 81.7 Å². The summed E-state index contributed by atoms with van der Waals surface area (Å²) in [5, 5.41) is 13.8. The van der Waals surface area contributed by atoms with Gasteiger partial charge in [-0.2, -0.15) is 0 Å². The van der Waals surface area contributed by atoms with Crippen LogP contribution in [0, 0.1) is 0 Å². The molecule has 0 radical (unpaired) electrons. The molecule has 0 aliphatic rings. The number of carbonyl (C=O) groups is 2. The Morgan fingerprint density at radius 3 is 2.29 bits per heavy atom. The summed E-state index contributed by atoms with van der Waals surface area (Å²) in [6, 6.07) is -0.626. The monoisotopic (exact) mass is 245 g/mol. The quantitative estimate of drug-likeness (QED) is 0.647. The molecule has 0 rings (SSSR count). The zero-order chi connectivity index (χ0) is 13.6. The van der Waals surface area contributed by atoms with Crippen molar-refractivity contribution in [2.75, 3.05) is 20.2 Å². The summed E-state index contributed by atoms with van der Waals surface area (Å²) < 4.78 is 0. The van der Waals surface area contributed by atoms with Crippen molar-refractivity contribution in [2.45, 2.75) is 39.3 Å². The fraction of sp³-hybridized carbons (Fsp3) is 0.818. The van der Waals surface area contributed by atoms with Gasteiger partial charge in [0.05, 0.1) is 13.2 Å². The Labute approximate surface area is 102 Å². The number of likely N-dealkylation sites (N-methyl/N-ethyl adjacent to an activating group) is 1. The highest BCUT2D eigenvalue weighted by molar-refractivity contribution is 5.95. The lowest BCUT2D eigenvalue weighted by molar-refractivity contribution is -0.121. The lowest BCUT2D eigenvalue weighted by Crippen LogP contribution is -2.50. The molecular weight excluding hydrogens is 222 g/mol. The maximum Gasteiger partial charge on any atom is 0.321 e. The summed E-state index contributed by atoms with van der Waals surface area (Å²) in [6.45, 7) is 7.32. The van der Waals surface area contributed by atoms with Crippen LogP contribution in [0.5, 0.6) is 0 Å². The van der Waals surface area contributed by atoms with Gasteiger partial charge in [0.2, 0.25) is 5.91 Å². The third kappa shape index (κ3) is 7.70. The van der Waals surface area contributed by atoms with Crippen molar-refractivity contribution in [3.8, 4) is 0 Å². The van der Waals surface area contributed by atoms with Crippen LogP contribution in [0.2, 0.25) is 0 Å². The highest BCUT2D eigenvalue weighted by Gasteiger charge is 2.17. The van der Waals surface area contributed by atoms with Gasteiger partial charge in [-0.05, 0) is 34.7 Å². The van der Waals surface area contributed by atoms with Crippen molar-refractivity contribution >= 4 is 11.9 Å². The minimum atomic E-state index is -0.507. The molecule has 6 nitrogen and oxygen atoms in total. The standard InChI is InChI=1S/C11H23N3O3/c1-8(7-15)14(5)6-9(16)12-10(17)13-11(2,3)4/h8,15H,6-7H2,1-5H3,(H2,12,13,16,17). The maximum absolute atomic E-state index is 11.5. The van der Waals surface area contributed by atoms with Crippen LogP contribution in [0.1, 0.15) is 27.7 Å². The molecule has 0 aromatic heterocycles. The average molecular weight is 245 g/mol. The number of carbonyl (C=O) groups excluding carboxylic acids is 2. The first kappa shape index (κ1) is 15.9. The van der Waals surface area contributed by atoms with Gasteiger partial charge >= 0.3 is 6.03 Å². The zero-order valence-corrected chi connectivity index (χ0v) is 11.2. The molecule has 0 aliphatic carbocycles. The van der Waals surface area contributed by atoms with Gasteiger partial charge in [-0.1, -0.05) is 0 Å². The number of amides is 3. The second-order valence-electron chi connectivity index (χ2n) is 5.20. The predicted molar refractivity (Wildman–Crippen MR) is 65.6 cm³/mol. The van der Waals surface area contributed by atoms with Gasteiger partial charge in [-0.3, -0.25) is 15.0 Å². The van der Waals surface area contributed by atoms with E-state index in [2.05, 4.69) is 10.6 Å². The molecule has 0 saturated carbocycles. The molecule has 0 aliphatic heterocycles. The van der Waals surface area contributed by atoms with E-state index in [1.54, 1.807) is 18.9 Å². The van der Waals surface area contributed by atoms with Crippen molar-refractivity contribution < 1.29 is 14.7 Å². The number of nitrogens with zero attached hydrogens (tertiary/aromatic N) is 1. The number of hydrogen-bond donors (Lipinski definition) is 3. The predicted octanol–water partition coefficient (Wildman–Crippen LogP) is -0.0767. The zero-order valence-electron chi connectivity index (χ0n) is 11.2. The second kappa shape index (κ2) is 6.56. The molecule has 0 bridgehead atoms. The minimum Gasteiger partial charge on any atom is -0.395 e. The highest BCUT2D eigenvalue weighted by atomic mass is 16.3. The Bertz CT molecular complexity index is 274. The Morgan fingerprint density at radius 2 is 1.88 bits per heavy atom. The van der Waals surface area contributed by atoms with E-state index in [-0.39, 0.29) is 24.7 Å². The second-order valence-corrected chi connectivity index (χ2v) is 5.20. The van der Waals surface area contributed by atoms with E-state index in [4.69, 9.17) is 5.11 Å². The van der Waals surface area contributed by atoms with Crippen molar-refractivity contribution in [3.63, 3.8) is 0 Å². The lowest BCUT2D eigenvalue weighted by atomic mass is 10.1. The number of hydrogen-bond acceptors (Lipinski definition) is 4. The smallest absolute Gasteiger partial charge is 0.321 e. The van der Waals surface area contributed by atoms with E-state index in [1.807, 2.05) is 20.8 Å². The SMILES string of the molecule is CC(CO)N(C)CC(=O)NC(=O)NC(C)(C)C. The molecule has 0 heterocycles. The van der Waals surface area contributed by atoms with Crippen molar-refractivity contribution in [2.24, 2.45) is 0 Å². The largest absolute Gasteiger partial charge is 0.395 e. The number of imide groups is 1. The van der Waals surface area contributed by atoms with Gasteiger partial charge in [0.25, 0.3) is 0 Å². The number of aliphatic hydroxyl groups excluding tert-OH is 1. The summed E-state index contributed by atoms with van der Waals surface area (Å²) in [7, 11) is 1.71. The van der Waals surface area contributed by atoms with E-state index < -0.39 is 11.9 Å². The Morgan fingerprint density at radius 1 is 1.35 bits per heavy atom. The van der Waals surface area contributed by atoms with Gasteiger partial charge in [0.1, 0.15) is 0 Å². The minimum absolute atomic E-state index is 0.0298. The third-order valence-electron chi connectivity index (χ3n) is 2.15. The Balaban J connectivity index is 4.06. The van der Waals surface area contributed by atoms with Crippen LogP contribution in [0.15, 0.2) is 0 Å². The number of aliphatic hydroxyl groups is 1. The van der Waals surface area contributed by atoms with E-state index >= 15 is 0 Å². The number of rotatable bonds is 4. The molecule has 0 aromatic rings. The highest BCUT2D eigenvalue weighted by Crippen LogP contribution is 1.97. The van der Waals surface area contributed by atoms with Crippen LogP contribution in [0.25, 0.3) is 0 Å². The Kier molecular flexibility index (Phi) is 6.12. The summed E-state index contributed by atoms with van der Waals surface area (Å²) in [4.78, 5) is 24.5. The van der Waals surface area contributed by atoms with Crippen LogP contribution < -0.4 is 10.6 Å². The van der Waals surface area contributed by atoms with Crippen LogP contribution in [0.3, 0.4) is 0 Å². The molecule has 17 heavy (non-hydrogen) atoms. The molecule has 1 atom stereocenters. The fourth-order valence-electron chi connectivity index (χ4n) is 1.06.